The van der Waals surface area contributed by atoms with Gasteiger partial charge in [-0.05, 0) is 25.6 Å². The van der Waals surface area contributed by atoms with E-state index in [4.69, 9.17) is 17.0 Å². The Morgan fingerprint density at radius 2 is 2.13 bits per heavy atom. The highest BCUT2D eigenvalue weighted by molar-refractivity contribution is 7.71. The summed E-state index contributed by atoms with van der Waals surface area (Å²) in [5, 5.41) is 9.95. The molecular weight excluding hydrogens is 312 g/mol. The van der Waals surface area contributed by atoms with Gasteiger partial charge in [-0.1, -0.05) is 29.8 Å². The molecule has 0 fully saturated rings. The third kappa shape index (κ3) is 5.01. The van der Waals surface area contributed by atoms with Crippen LogP contribution in [0.4, 0.5) is 0 Å². The van der Waals surface area contributed by atoms with Gasteiger partial charge in [-0.2, -0.15) is 5.10 Å². The molecule has 7 heteroatoms. The van der Waals surface area contributed by atoms with Crippen LogP contribution in [0, 0.1) is 11.7 Å². The fourth-order valence-corrected chi connectivity index (χ4v) is 2.42. The molecule has 0 aliphatic rings. The Labute approximate surface area is 140 Å². The minimum Gasteiger partial charge on any atom is -0.385 e. The van der Waals surface area contributed by atoms with Crippen molar-refractivity contribution in [3.8, 4) is 11.4 Å². The van der Waals surface area contributed by atoms with E-state index in [1.54, 1.807) is 7.11 Å². The predicted octanol–water partition coefficient (Wildman–Crippen LogP) is 2.46. The number of aromatic amines is 1. The van der Waals surface area contributed by atoms with Gasteiger partial charge in [0.25, 0.3) is 0 Å². The molecule has 2 rings (SSSR count). The molecule has 1 amide bonds. The first kappa shape index (κ1) is 17.4. The van der Waals surface area contributed by atoms with Gasteiger partial charge in [-0.25, -0.2) is 0 Å². The predicted molar refractivity (Wildman–Crippen MR) is 91.7 cm³/mol. The Kier molecular flexibility index (Phi) is 6.49. The molecule has 1 aromatic carbocycles. The molecule has 23 heavy (non-hydrogen) atoms. The number of ether oxygens (including phenoxy) is 1. The number of H-pyrrole nitrogens is 1. The Bertz CT molecular complexity index is 691. The lowest BCUT2D eigenvalue weighted by atomic mass is 10.1. The smallest absolute Gasteiger partial charge is 0.221 e. The molecule has 0 saturated carbocycles. The first-order chi connectivity index (χ1) is 11.1. The maximum absolute atomic E-state index is 11.9. The van der Waals surface area contributed by atoms with E-state index in [0.717, 1.165) is 17.8 Å². The zero-order chi connectivity index (χ0) is 16.7. The second-order valence-electron chi connectivity index (χ2n) is 5.32. The third-order valence-corrected chi connectivity index (χ3v) is 3.79. The topological polar surface area (TPSA) is 71.9 Å². The van der Waals surface area contributed by atoms with E-state index in [9.17, 15) is 4.79 Å². The normalized spacial score (nSPS) is 10.7. The van der Waals surface area contributed by atoms with E-state index in [1.807, 2.05) is 35.8 Å². The van der Waals surface area contributed by atoms with E-state index in [0.29, 0.717) is 30.9 Å². The van der Waals surface area contributed by atoms with Crippen LogP contribution in [0.2, 0.25) is 0 Å². The molecule has 1 heterocycles. The Balaban J connectivity index is 1.98. The highest BCUT2D eigenvalue weighted by Gasteiger charge is 2.10. The van der Waals surface area contributed by atoms with Gasteiger partial charge < -0.3 is 10.1 Å². The number of methoxy groups -OCH3 is 1. The van der Waals surface area contributed by atoms with E-state index in [2.05, 4.69) is 15.5 Å². The standard InChI is InChI=1S/C16H22N4O2S/c1-12-4-6-13(7-5-12)15-18-19-16(23)20(15)10-8-14(21)17-9-3-11-22-2/h4-7H,3,8-11H2,1-2H3,(H,17,21)(H,19,23). The van der Waals surface area contributed by atoms with E-state index in [1.165, 1.54) is 5.56 Å². The van der Waals surface area contributed by atoms with Crippen molar-refractivity contribution in [2.45, 2.75) is 26.3 Å². The molecule has 0 spiro atoms. The van der Waals surface area contributed by atoms with Crippen LogP contribution in [0.3, 0.4) is 0 Å². The van der Waals surface area contributed by atoms with Crippen LogP contribution in [0.1, 0.15) is 18.4 Å². The van der Waals surface area contributed by atoms with E-state index >= 15 is 0 Å². The molecule has 0 aliphatic heterocycles. The number of aromatic nitrogens is 3. The summed E-state index contributed by atoms with van der Waals surface area (Å²) in [5.74, 6) is 0.751. The zero-order valence-electron chi connectivity index (χ0n) is 13.5. The van der Waals surface area contributed by atoms with E-state index < -0.39 is 0 Å². The Morgan fingerprint density at radius 1 is 1.39 bits per heavy atom. The van der Waals surface area contributed by atoms with Crippen molar-refractivity contribution in [2.75, 3.05) is 20.3 Å². The average molecular weight is 334 g/mol. The molecule has 1 aromatic heterocycles. The summed E-state index contributed by atoms with van der Waals surface area (Å²) >= 11 is 5.27. The van der Waals surface area contributed by atoms with Gasteiger partial charge >= 0.3 is 0 Å². The first-order valence-electron chi connectivity index (χ1n) is 7.59. The highest BCUT2D eigenvalue weighted by Crippen LogP contribution is 2.18. The van der Waals surface area contributed by atoms with Crippen LogP contribution in [-0.2, 0) is 16.1 Å². The molecule has 0 atom stereocenters. The molecule has 2 aromatic rings. The molecule has 0 radical (unpaired) electrons. The van der Waals surface area contributed by atoms with Crippen molar-refractivity contribution >= 4 is 18.1 Å². The number of nitrogens with zero attached hydrogens (tertiary/aromatic N) is 2. The fourth-order valence-electron chi connectivity index (χ4n) is 2.19. The Morgan fingerprint density at radius 3 is 2.83 bits per heavy atom. The number of amides is 1. The SMILES string of the molecule is COCCCNC(=O)CCn1c(-c2ccc(C)cc2)n[nH]c1=S. The first-order valence-corrected chi connectivity index (χ1v) is 8.00. The summed E-state index contributed by atoms with van der Waals surface area (Å²) in [4.78, 5) is 11.9. The van der Waals surface area contributed by atoms with Crippen LogP contribution in [0.25, 0.3) is 11.4 Å². The molecule has 0 bridgehead atoms. The van der Waals surface area contributed by atoms with E-state index in [-0.39, 0.29) is 5.91 Å². The monoisotopic (exact) mass is 334 g/mol. The number of carbonyl (C=O) groups is 1. The van der Waals surface area contributed by atoms with Crippen molar-refractivity contribution in [1.82, 2.24) is 20.1 Å². The van der Waals surface area contributed by atoms with Crippen molar-refractivity contribution in [1.29, 1.82) is 0 Å². The minimum atomic E-state index is -0.000871. The lowest BCUT2D eigenvalue weighted by Gasteiger charge is -2.08. The van der Waals surface area contributed by atoms with Gasteiger partial charge in [0.1, 0.15) is 0 Å². The van der Waals surface area contributed by atoms with Gasteiger partial charge in [0.15, 0.2) is 10.6 Å². The van der Waals surface area contributed by atoms with Crippen molar-refractivity contribution < 1.29 is 9.53 Å². The summed E-state index contributed by atoms with van der Waals surface area (Å²) in [7, 11) is 1.65. The number of benzene rings is 1. The van der Waals surface area contributed by atoms with Gasteiger partial charge in [0.2, 0.25) is 5.91 Å². The van der Waals surface area contributed by atoms with Crippen LogP contribution in [-0.4, -0.2) is 40.9 Å². The number of rotatable bonds is 8. The summed E-state index contributed by atoms with van der Waals surface area (Å²) in [6.07, 6.45) is 1.17. The summed E-state index contributed by atoms with van der Waals surface area (Å²) in [6.45, 7) is 3.79. The summed E-state index contributed by atoms with van der Waals surface area (Å²) in [5.41, 5.74) is 2.16. The highest BCUT2D eigenvalue weighted by atomic mass is 32.1. The van der Waals surface area contributed by atoms with Gasteiger partial charge in [0.05, 0.1) is 0 Å². The van der Waals surface area contributed by atoms with Crippen LogP contribution in [0.15, 0.2) is 24.3 Å². The second-order valence-corrected chi connectivity index (χ2v) is 5.70. The second kappa shape index (κ2) is 8.59. The van der Waals surface area contributed by atoms with Crippen molar-refractivity contribution in [3.63, 3.8) is 0 Å². The van der Waals surface area contributed by atoms with Gasteiger partial charge in [-0.15, -0.1) is 0 Å². The number of hydrogen-bond donors (Lipinski definition) is 2. The largest absolute Gasteiger partial charge is 0.385 e. The van der Waals surface area contributed by atoms with Crippen molar-refractivity contribution in [3.05, 3.63) is 34.6 Å². The zero-order valence-corrected chi connectivity index (χ0v) is 14.3. The van der Waals surface area contributed by atoms with Crippen LogP contribution >= 0.6 is 12.2 Å². The third-order valence-electron chi connectivity index (χ3n) is 3.48. The van der Waals surface area contributed by atoms with Crippen molar-refractivity contribution in [2.24, 2.45) is 0 Å². The molecule has 2 N–H and O–H groups in total. The molecule has 0 unspecified atom stereocenters. The fraction of sp³-hybridized carbons (Fsp3) is 0.438. The number of hydrogen-bond acceptors (Lipinski definition) is 4. The van der Waals surface area contributed by atoms with Gasteiger partial charge in [-0.3, -0.25) is 14.5 Å². The lowest BCUT2D eigenvalue weighted by molar-refractivity contribution is -0.121. The average Bonchev–Trinajstić information content (AvgIpc) is 2.91. The van der Waals surface area contributed by atoms with Crippen LogP contribution in [0.5, 0.6) is 0 Å². The number of nitrogens with one attached hydrogen (secondary N) is 2. The molecule has 6 nitrogen and oxygen atoms in total. The molecular formula is C16H22N4O2S. The molecule has 0 saturated heterocycles. The number of carbonyl (C=O) groups excluding carboxylic acids is 1. The maximum atomic E-state index is 11.9. The van der Waals surface area contributed by atoms with Gasteiger partial charge in [0, 0.05) is 38.8 Å². The van der Waals surface area contributed by atoms with Crippen LogP contribution < -0.4 is 5.32 Å². The minimum absolute atomic E-state index is 0.000871. The molecule has 0 aliphatic carbocycles. The summed E-state index contributed by atoms with van der Waals surface area (Å²) < 4.78 is 7.33. The molecule has 124 valence electrons. The maximum Gasteiger partial charge on any atom is 0.221 e. The number of aryl methyl sites for hydroxylation is 1. The summed E-state index contributed by atoms with van der Waals surface area (Å²) in [6, 6.07) is 8.06. The Hall–Kier alpha value is -1.99. The quantitative estimate of drug-likeness (QED) is 0.574. The lowest BCUT2D eigenvalue weighted by Crippen LogP contribution is -2.26.